The highest BCUT2D eigenvalue weighted by atomic mass is 32.1. The van der Waals surface area contributed by atoms with Gasteiger partial charge in [-0.2, -0.15) is 4.37 Å². The van der Waals surface area contributed by atoms with Crippen LogP contribution < -0.4 is 5.32 Å². The predicted octanol–water partition coefficient (Wildman–Crippen LogP) is 2.70. The molecule has 0 atom stereocenters. The van der Waals surface area contributed by atoms with Gasteiger partial charge in [-0.3, -0.25) is 0 Å². The summed E-state index contributed by atoms with van der Waals surface area (Å²) < 4.78 is 17.5. The monoisotopic (exact) mass is 237 g/mol. The van der Waals surface area contributed by atoms with Crippen molar-refractivity contribution in [3.63, 3.8) is 0 Å². The summed E-state index contributed by atoms with van der Waals surface area (Å²) in [6.07, 6.45) is 0.439. The van der Waals surface area contributed by atoms with Crippen molar-refractivity contribution in [1.82, 2.24) is 9.36 Å². The molecule has 0 saturated carbocycles. The molecule has 1 aromatic carbocycles. The van der Waals surface area contributed by atoms with Crippen LogP contribution in [0.5, 0.6) is 0 Å². The highest BCUT2D eigenvalue weighted by Gasteiger charge is 2.07. The van der Waals surface area contributed by atoms with E-state index >= 15 is 0 Å². The number of halogens is 1. The molecule has 2 rings (SSSR count). The number of nitrogens with zero attached hydrogens (tertiary/aromatic N) is 2. The van der Waals surface area contributed by atoms with Crippen LogP contribution in [0.25, 0.3) is 0 Å². The van der Waals surface area contributed by atoms with Crippen LogP contribution in [-0.2, 0) is 6.42 Å². The molecule has 0 bridgehead atoms. The van der Waals surface area contributed by atoms with Crippen LogP contribution in [0.15, 0.2) is 24.3 Å². The second kappa shape index (κ2) is 5.03. The molecule has 2 aromatic rings. The zero-order valence-corrected chi connectivity index (χ0v) is 9.72. The molecule has 0 fully saturated rings. The Morgan fingerprint density at radius 2 is 2.19 bits per heavy atom. The summed E-state index contributed by atoms with van der Waals surface area (Å²) in [6.45, 7) is 2.81. The summed E-state index contributed by atoms with van der Waals surface area (Å²) in [5.41, 5.74) is 0.628. The normalized spacial score (nSPS) is 10.4. The molecule has 16 heavy (non-hydrogen) atoms. The van der Waals surface area contributed by atoms with Crippen LogP contribution in [0.1, 0.15) is 18.3 Å². The van der Waals surface area contributed by atoms with Crippen molar-refractivity contribution in [2.24, 2.45) is 0 Å². The minimum absolute atomic E-state index is 0.206. The van der Waals surface area contributed by atoms with Gasteiger partial charge in [-0.25, -0.2) is 9.37 Å². The number of aromatic nitrogens is 2. The number of anilines is 1. The zero-order chi connectivity index (χ0) is 11.4. The lowest BCUT2D eigenvalue weighted by molar-refractivity contribution is 0.612. The molecule has 5 heteroatoms. The Morgan fingerprint density at radius 3 is 2.94 bits per heavy atom. The third-order valence-electron chi connectivity index (χ3n) is 2.10. The fourth-order valence-electron chi connectivity index (χ4n) is 1.36. The van der Waals surface area contributed by atoms with Gasteiger partial charge in [0.15, 0.2) is 0 Å². The van der Waals surface area contributed by atoms with Gasteiger partial charge in [0, 0.05) is 24.5 Å². The predicted molar refractivity (Wildman–Crippen MR) is 63.3 cm³/mol. The smallest absolute Gasteiger partial charge is 0.202 e. The summed E-state index contributed by atoms with van der Waals surface area (Å²) >= 11 is 1.30. The van der Waals surface area contributed by atoms with Gasteiger partial charge in [0.2, 0.25) is 5.13 Å². The van der Waals surface area contributed by atoms with Crippen molar-refractivity contribution in [3.05, 3.63) is 41.5 Å². The Bertz CT molecular complexity index is 470. The second-order valence-electron chi connectivity index (χ2n) is 3.31. The molecule has 1 heterocycles. The van der Waals surface area contributed by atoms with Crippen LogP contribution in [-0.4, -0.2) is 15.9 Å². The molecule has 0 spiro atoms. The molecule has 0 amide bonds. The van der Waals surface area contributed by atoms with E-state index in [0.29, 0.717) is 17.8 Å². The molecular formula is C11H12FN3S. The topological polar surface area (TPSA) is 37.8 Å². The van der Waals surface area contributed by atoms with Crippen molar-refractivity contribution in [1.29, 1.82) is 0 Å². The summed E-state index contributed by atoms with van der Waals surface area (Å²) in [6, 6.07) is 6.70. The van der Waals surface area contributed by atoms with Gasteiger partial charge in [0.25, 0.3) is 0 Å². The maximum atomic E-state index is 13.4. The molecule has 1 N–H and O–H groups in total. The summed E-state index contributed by atoms with van der Waals surface area (Å²) in [5, 5.41) is 3.87. The van der Waals surface area contributed by atoms with Crippen molar-refractivity contribution in [3.8, 4) is 0 Å². The van der Waals surface area contributed by atoms with E-state index in [0.717, 1.165) is 11.7 Å². The third-order valence-corrected chi connectivity index (χ3v) is 2.81. The molecule has 3 nitrogen and oxygen atoms in total. The van der Waals surface area contributed by atoms with Crippen LogP contribution >= 0.6 is 11.5 Å². The van der Waals surface area contributed by atoms with E-state index in [1.165, 1.54) is 17.6 Å². The molecular weight excluding hydrogens is 225 g/mol. The van der Waals surface area contributed by atoms with Gasteiger partial charge in [0.1, 0.15) is 11.6 Å². The van der Waals surface area contributed by atoms with E-state index in [4.69, 9.17) is 0 Å². The van der Waals surface area contributed by atoms with Gasteiger partial charge in [-0.05, 0) is 18.6 Å². The number of hydrogen-bond donors (Lipinski definition) is 1. The van der Waals surface area contributed by atoms with Gasteiger partial charge < -0.3 is 5.32 Å². The van der Waals surface area contributed by atoms with Crippen molar-refractivity contribution in [2.45, 2.75) is 13.3 Å². The Labute approximate surface area is 97.5 Å². The molecule has 0 radical (unpaired) electrons. The lowest BCUT2D eigenvalue weighted by Crippen LogP contribution is -1.97. The minimum Gasteiger partial charge on any atom is -0.361 e. The SMILES string of the molecule is CCNc1nc(Cc2ccccc2F)ns1. The van der Waals surface area contributed by atoms with Crippen LogP contribution in [0, 0.1) is 5.82 Å². The van der Waals surface area contributed by atoms with Gasteiger partial charge in [-0.15, -0.1) is 0 Å². The largest absolute Gasteiger partial charge is 0.361 e. The second-order valence-corrected chi connectivity index (χ2v) is 4.07. The minimum atomic E-state index is -0.206. The maximum Gasteiger partial charge on any atom is 0.202 e. The molecule has 84 valence electrons. The van der Waals surface area contributed by atoms with Gasteiger partial charge >= 0.3 is 0 Å². The number of benzene rings is 1. The van der Waals surface area contributed by atoms with Crippen molar-refractivity contribution < 1.29 is 4.39 Å². The fraction of sp³-hybridized carbons (Fsp3) is 0.273. The Morgan fingerprint density at radius 1 is 1.38 bits per heavy atom. The first-order chi connectivity index (χ1) is 7.79. The van der Waals surface area contributed by atoms with Crippen molar-refractivity contribution >= 4 is 16.7 Å². The van der Waals surface area contributed by atoms with E-state index in [1.54, 1.807) is 12.1 Å². The standard InChI is InChI=1S/C11H12FN3S/c1-2-13-11-14-10(15-16-11)7-8-5-3-4-6-9(8)12/h3-6H,2,7H2,1H3,(H,13,14,15). The molecule has 0 aliphatic heterocycles. The number of hydrogen-bond acceptors (Lipinski definition) is 4. The Balaban J connectivity index is 2.11. The summed E-state index contributed by atoms with van der Waals surface area (Å²) in [7, 11) is 0. The van der Waals surface area contributed by atoms with E-state index < -0.39 is 0 Å². The molecule has 0 unspecified atom stereocenters. The molecule has 0 saturated heterocycles. The molecule has 0 aliphatic carbocycles. The van der Waals surface area contributed by atoms with E-state index in [1.807, 2.05) is 13.0 Å². The zero-order valence-electron chi connectivity index (χ0n) is 8.90. The highest BCUT2D eigenvalue weighted by Crippen LogP contribution is 2.15. The maximum absolute atomic E-state index is 13.4. The van der Waals surface area contributed by atoms with Gasteiger partial charge in [-0.1, -0.05) is 18.2 Å². The van der Waals surface area contributed by atoms with Gasteiger partial charge in [0.05, 0.1) is 0 Å². The lowest BCUT2D eigenvalue weighted by Gasteiger charge is -1.98. The number of nitrogens with one attached hydrogen (secondary N) is 1. The first-order valence-corrected chi connectivity index (χ1v) is 5.87. The summed E-state index contributed by atoms with van der Waals surface area (Å²) in [4.78, 5) is 4.27. The van der Waals surface area contributed by atoms with E-state index in [2.05, 4.69) is 14.7 Å². The highest BCUT2D eigenvalue weighted by molar-refractivity contribution is 7.09. The molecule has 1 aromatic heterocycles. The Hall–Kier alpha value is -1.49. The Kier molecular flexibility index (Phi) is 3.46. The average molecular weight is 237 g/mol. The molecule has 0 aliphatic rings. The first kappa shape index (κ1) is 11.0. The average Bonchev–Trinajstić information content (AvgIpc) is 2.70. The first-order valence-electron chi connectivity index (χ1n) is 5.09. The van der Waals surface area contributed by atoms with Crippen LogP contribution in [0.2, 0.25) is 0 Å². The van der Waals surface area contributed by atoms with E-state index in [9.17, 15) is 4.39 Å². The van der Waals surface area contributed by atoms with Crippen LogP contribution in [0.3, 0.4) is 0 Å². The lowest BCUT2D eigenvalue weighted by atomic mass is 10.1. The quantitative estimate of drug-likeness (QED) is 0.888. The number of rotatable bonds is 4. The van der Waals surface area contributed by atoms with E-state index in [-0.39, 0.29) is 5.82 Å². The third kappa shape index (κ3) is 2.55. The summed E-state index contributed by atoms with van der Waals surface area (Å²) in [5.74, 6) is 0.452. The fourth-order valence-corrected chi connectivity index (χ4v) is 2.01. The van der Waals surface area contributed by atoms with Crippen LogP contribution in [0.4, 0.5) is 9.52 Å². The van der Waals surface area contributed by atoms with Crippen molar-refractivity contribution in [2.75, 3.05) is 11.9 Å².